The summed E-state index contributed by atoms with van der Waals surface area (Å²) < 4.78 is 6.63. The van der Waals surface area contributed by atoms with Crippen LogP contribution in [-0.4, -0.2) is 33.0 Å². The zero-order valence-corrected chi connectivity index (χ0v) is 12.6. The second-order valence-electron chi connectivity index (χ2n) is 4.41. The third-order valence-electron chi connectivity index (χ3n) is 2.95. The molecule has 0 aliphatic carbocycles. The van der Waals surface area contributed by atoms with E-state index in [1.54, 1.807) is 34.3 Å². The number of ether oxygens (including phenoxy) is 1. The topological polar surface area (TPSA) is 81.9 Å². The number of carbonyl (C=O) groups is 1. The molecule has 0 saturated carbocycles. The molecule has 0 aliphatic heterocycles. The van der Waals surface area contributed by atoms with Gasteiger partial charge in [-0.25, -0.2) is 9.67 Å². The van der Waals surface area contributed by atoms with Gasteiger partial charge < -0.3 is 10.1 Å². The van der Waals surface area contributed by atoms with E-state index in [4.69, 9.17) is 4.74 Å². The number of amides is 1. The van der Waals surface area contributed by atoms with Crippen LogP contribution < -0.4 is 10.1 Å². The van der Waals surface area contributed by atoms with Gasteiger partial charge in [0.15, 0.2) is 0 Å². The van der Waals surface area contributed by atoms with Crippen LogP contribution in [0.2, 0.25) is 0 Å². The zero-order valence-electron chi connectivity index (χ0n) is 11.8. The normalized spacial score (nSPS) is 10.4. The molecule has 8 heteroatoms. The summed E-state index contributed by atoms with van der Waals surface area (Å²) in [6.07, 6.45) is 3.25. The van der Waals surface area contributed by atoms with Gasteiger partial charge in [0, 0.05) is 17.6 Å². The highest BCUT2D eigenvalue weighted by molar-refractivity contribution is 7.08. The van der Waals surface area contributed by atoms with Crippen molar-refractivity contribution in [1.29, 1.82) is 0 Å². The Morgan fingerprint density at radius 3 is 3.00 bits per heavy atom. The van der Waals surface area contributed by atoms with Gasteiger partial charge in [0.1, 0.15) is 5.69 Å². The summed E-state index contributed by atoms with van der Waals surface area (Å²) in [5.41, 5.74) is 2.10. The quantitative estimate of drug-likeness (QED) is 0.774. The smallest absolute Gasteiger partial charge is 0.253 e. The number of nitrogens with zero attached hydrogens (tertiary/aromatic N) is 4. The number of aromatic nitrogens is 4. The maximum Gasteiger partial charge on any atom is 0.253 e. The highest BCUT2D eigenvalue weighted by atomic mass is 32.1. The lowest BCUT2D eigenvalue weighted by Gasteiger charge is -2.03. The third-order valence-corrected chi connectivity index (χ3v) is 3.62. The third kappa shape index (κ3) is 3.12. The first-order chi connectivity index (χ1) is 10.8. The van der Waals surface area contributed by atoms with Crippen LogP contribution >= 0.6 is 11.3 Å². The Morgan fingerprint density at radius 2 is 2.32 bits per heavy atom. The predicted molar refractivity (Wildman–Crippen MR) is 81.2 cm³/mol. The monoisotopic (exact) mass is 315 g/mol. The van der Waals surface area contributed by atoms with Crippen LogP contribution in [0.4, 0.5) is 0 Å². The molecule has 3 aromatic rings. The Balaban J connectivity index is 1.61. The van der Waals surface area contributed by atoms with Crippen molar-refractivity contribution in [1.82, 2.24) is 25.3 Å². The molecule has 0 radical (unpaired) electrons. The van der Waals surface area contributed by atoms with Crippen molar-refractivity contribution in [3.8, 4) is 11.6 Å². The van der Waals surface area contributed by atoms with Crippen molar-refractivity contribution in [2.45, 2.75) is 6.54 Å². The summed E-state index contributed by atoms with van der Waals surface area (Å²) >= 11 is 1.59. The Labute approximate surface area is 130 Å². The minimum absolute atomic E-state index is 0.222. The predicted octanol–water partition coefficient (Wildman–Crippen LogP) is 1.66. The molecule has 3 rings (SSSR count). The van der Waals surface area contributed by atoms with E-state index in [2.05, 4.69) is 20.6 Å². The lowest BCUT2D eigenvalue weighted by atomic mass is 10.2. The van der Waals surface area contributed by atoms with Gasteiger partial charge in [0.2, 0.25) is 5.88 Å². The summed E-state index contributed by atoms with van der Waals surface area (Å²) in [4.78, 5) is 16.0. The summed E-state index contributed by atoms with van der Waals surface area (Å²) in [6.45, 7) is 0.301. The number of thiophene rings is 1. The number of pyridine rings is 1. The standard InChI is InChI=1S/C14H13N5O2S/c1-21-13-3-2-10(6-15-13)14(20)16-7-11-8-19(18-17-11)12-4-5-22-9-12/h2-6,8-9H,7H2,1H3,(H,16,20). The fourth-order valence-corrected chi connectivity index (χ4v) is 2.42. The first-order valence-electron chi connectivity index (χ1n) is 6.48. The minimum Gasteiger partial charge on any atom is -0.481 e. The van der Waals surface area contributed by atoms with E-state index >= 15 is 0 Å². The molecule has 22 heavy (non-hydrogen) atoms. The van der Waals surface area contributed by atoms with Crippen molar-refractivity contribution in [3.63, 3.8) is 0 Å². The molecular weight excluding hydrogens is 302 g/mol. The van der Waals surface area contributed by atoms with Crippen molar-refractivity contribution < 1.29 is 9.53 Å². The first kappa shape index (κ1) is 14.2. The SMILES string of the molecule is COc1ccc(C(=O)NCc2cn(-c3ccsc3)nn2)cn1. The molecule has 7 nitrogen and oxygen atoms in total. The first-order valence-corrected chi connectivity index (χ1v) is 7.42. The molecular formula is C14H13N5O2S. The summed E-state index contributed by atoms with van der Waals surface area (Å²) in [6, 6.07) is 5.25. The van der Waals surface area contributed by atoms with E-state index in [-0.39, 0.29) is 5.91 Å². The molecule has 112 valence electrons. The largest absolute Gasteiger partial charge is 0.481 e. The molecule has 0 spiro atoms. The van der Waals surface area contributed by atoms with Gasteiger partial charge in [-0.15, -0.1) is 5.10 Å². The van der Waals surface area contributed by atoms with Crippen molar-refractivity contribution in [2.24, 2.45) is 0 Å². The number of hydrogen-bond acceptors (Lipinski definition) is 6. The molecule has 3 aromatic heterocycles. The molecule has 0 bridgehead atoms. The number of carbonyl (C=O) groups excluding carboxylic acids is 1. The molecule has 1 N–H and O–H groups in total. The Bertz CT molecular complexity index is 752. The summed E-state index contributed by atoms with van der Waals surface area (Å²) in [5, 5.41) is 14.8. The molecule has 0 aliphatic rings. The Hall–Kier alpha value is -2.74. The van der Waals surface area contributed by atoms with Crippen LogP contribution in [-0.2, 0) is 6.54 Å². The fraction of sp³-hybridized carbons (Fsp3) is 0.143. The van der Waals surface area contributed by atoms with Gasteiger partial charge in [0.05, 0.1) is 31.1 Å². The van der Waals surface area contributed by atoms with Crippen molar-refractivity contribution in [3.05, 3.63) is 52.6 Å². The van der Waals surface area contributed by atoms with Crippen LogP contribution in [0.1, 0.15) is 16.1 Å². The molecule has 0 unspecified atom stereocenters. The van der Waals surface area contributed by atoms with E-state index in [0.717, 1.165) is 5.69 Å². The highest BCUT2D eigenvalue weighted by Gasteiger charge is 2.08. The Morgan fingerprint density at radius 1 is 1.41 bits per heavy atom. The van der Waals surface area contributed by atoms with Crippen LogP contribution in [0.15, 0.2) is 41.4 Å². The van der Waals surface area contributed by atoms with E-state index in [0.29, 0.717) is 23.7 Å². The molecule has 3 heterocycles. The minimum atomic E-state index is -0.222. The van der Waals surface area contributed by atoms with Crippen LogP contribution in [0.3, 0.4) is 0 Å². The molecule has 0 saturated heterocycles. The van der Waals surface area contributed by atoms with Crippen molar-refractivity contribution in [2.75, 3.05) is 7.11 Å². The number of hydrogen-bond donors (Lipinski definition) is 1. The van der Waals surface area contributed by atoms with E-state index in [1.165, 1.54) is 13.3 Å². The van der Waals surface area contributed by atoms with Gasteiger partial charge in [0.25, 0.3) is 5.91 Å². The zero-order chi connectivity index (χ0) is 15.4. The second-order valence-corrected chi connectivity index (χ2v) is 5.19. The van der Waals surface area contributed by atoms with Gasteiger partial charge in [-0.1, -0.05) is 5.21 Å². The Kier molecular flexibility index (Phi) is 4.10. The van der Waals surface area contributed by atoms with Gasteiger partial charge in [-0.3, -0.25) is 4.79 Å². The molecule has 0 aromatic carbocycles. The van der Waals surface area contributed by atoms with E-state index < -0.39 is 0 Å². The summed E-state index contributed by atoms with van der Waals surface area (Å²) in [5.74, 6) is 0.246. The lowest BCUT2D eigenvalue weighted by Crippen LogP contribution is -2.23. The average molecular weight is 315 g/mol. The maximum absolute atomic E-state index is 12.0. The van der Waals surface area contributed by atoms with Crippen LogP contribution in [0.5, 0.6) is 5.88 Å². The van der Waals surface area contributed by atoms with E-state index in [1.807, 2.05) is 16.8 Å². The van der Waals surface area contributed by atoms with Crippen molar-refractivity contribution >= 4 is 17.2 Å². The van der Waals surface area contributed by atoms with Crippen LogP contribution in [0.25, 0.3) is 5.69 Å². The number of methoxy groups -OCH3 is 1. The lowest BCUT2D eigenvalue weighted by molar-refractivity contribution is 0.0950. The maximum atomic E-state index is 12.0. The van der Waals surface area contributed by atoms with Gasteiger partial charge in [-0.2, -0.15) is 11.3 Å². The average Bonchev–Trinajstić information content (AvgIpc) is 3.23. The molecule has 0 fully saturated rings. The highest BCUT2D eigenvalue weighted by Crippen LogP contribution is 2.11. The van der Waals surface area contributed by atoms with Crippen LogP contribution in [0, 0.1) is 0 Å². The second kappa shape index (κ2) is 6.35. The number of rotatable bonds is 5. The molecule has 0 atom stereocenters. The molecule has 1 amide bonds. The van der Waals surface area contributed by atoms with E-state index in [9.17, 15) is 4.79 Å². The fourth-order valence-electron chi connectivity index (χ4n) is 1.80. The number of nitrogens with one attached hydrogen (secondary N) is 1. The summed E-state index contributed by atoms with van der Waals surface area (Å²) in [7, 11) is 1.53. The van der Waals surface area contributed by atoms with Gasteiger partial charge in [-0.05, 0) is 17.5 Å². The van der Waals surface area contributed by atoms with Gasteiger partial charge >= 0.3 is 0 Å².